The van der Waals surface area contributed by atoms with Crippen molar-refractivity contribution in [3.8, 4) is 5.75 Å². The Kier molecular flexibility index (Phi) is 3.65. The van der Waals surface area contributed by atoms with Crippen LogP contribution in [0.15, 0.2) is 18.2 Å². The summed E-state index contributed by atoms with van der Waals surface area (Å²) in [5, 5.41) is 3.91. The lowest BCUT2D eigenvalue weighted by atomic mass is 10.1. The zero-order chi connectivity index (χ0) is 13.1. The molecule has 0 saturated carbocycles. The number of ether oxygens (including phenoxy) is 1. The predicted molar refractivity (Wildman–Crippen MR) is 71.8 cm³/mol. The van der Waals surface area contributed by atoms with Crippen LogP contribution in [0.5, 0.6) is 5.75 Å². The van der Waals surface area contributed by atoms with Crippen LogP contribution >= 0.6 is 0 Å². The quantitative estimate of drug-likeness (QED) is 0.899. The Labute approximate surface area is 106 Å². The first-order valence-corrected chi connectivity index (χ1v) is 6.05. The summed E-state index contributed by atoms with van der Waals surface area (Å²) in [6, 6.07) is 4.91. The molecule has 1 aromatic carbocycles. The topological polar surface area (TPSA) is 34.2 Å². The Balaban J connectivity index is 2.59. The first-order valence-electron chi connectivity index (χ1n) is 6.05. The molecule has 0 unspecified atom stereocenters. The molecule has 96 valence electrons. The first-order chi connectivity index (χ1) is 8.67. The number of aryl methyl sites for hydroxylation is 1. The number of rotatable bonds is 4. The van der Waals surface area contributed by atoms with E-state index in [1.807, 2.05) is 13.0 Å². The number of fused-ring (bicyclic) bond motifs is 1. The third-order valence-electron chi connectivity index (χ3n) is 2.85. The van der Waals surface area contributed by atoms with Gasteiger partial charge in [-0.15, -0.1) is 0 Å². The van der Waals surface area contributed by atoms with Crippen molar-refractivity contribution in [1.82, 2.24) is 4.98 Å². The second-order valence-corrected chi connectivity index (χ2v) is 4.23. The fraction of sp³-hybridized carbons (Fsp3) is 0.357. The average molecular weight is 248 g/mol. The molecule has 0 aliphatic heterocycles. The highest BCUT2D eigenvalue weighted by molar-refractivity contribution is 5.88. The number of pyridine rings is 1. The second-order valence-electron chi connectivity index (χ2n) is 4.23. The number of hydrogen-bond acceptors (Lipinski definition) is 3. The fourth-order valence-electron chi connectivity index (χ4n) is 1.90. The van der Waals surface area contributed by atoms with Crippen molar-refractivity contribution in [2.45, 2.75) is 20.3 Å². The van der Waals surface area contributed by atoms with Crippen LogP contribution in [0.2, 0.25) is 0 Å². The lowest BCUT2D eigenvalue weighted by Crippen LogP contribution is -2.04. The summed E-state index contributed by atoms with van der Waals surface area (Å²) in [5.41, 5.74) is 1.33. The molecule has 0 fully saturated rings. The van der Waals surface area contributed by atoms with E-state index in [4.69, 9.17) is 4.74 Å². The molecular formula is C14H17FN2O. The number of nitrogens with one attached hydrogen (secondary N) is 1. The Morgan fingerprint density at radius 1 is 1.39 bits per heavy atom. The number of anilines is 1. The van der Waals surface area contributed by atoms with Gasteiger partial charge in [0.25, 0.3) is 0 Å². The predicted octanol–water partition coefficient (Wildman–Crippen LogP) is 3.51. The van der Waals surface area contributed by atoms with Crippen LogP contribution in [0.4, 0.5) is 10.2 Å². The van der Waals surface area contributed by atoms with E-state index in [1.165, 1.54) is 6.07 Å². The molecule has 0 aliphatic carbocycles. The smallest absolute Gasteiger partial charge is 0.149 e. The number of aromatic nitrogens is 1. The van der Waals surface area contributed by atoms with Crippen LogP contribution in [0, 0.1) is 12.7 Å². The van der Waals surface area contributed by atoms with Crippen molar-refractivity contribution >= 4 is 16.7 Å². The summed E-state index contributed by atoms with van der Waals surface area (Å²) in [7, 11) is 1.57. The minimum absolute atomic E-state index is 0.328. The van der Waals surface area contributed by atoms with Crippen molar-refractivity contribution < 1.29 is 9.13 Å². The molecule has 1 N–H and O–H groups in total. The maximum atomic E-state index is 13.8. The summed E-state index contributed by atoms with van der Waals surface area (Å²) < 4.78 is 19.0. The Bertz CT molecular complexity index is 569. The van der Waals surface area contributed by atoms with Crippen LogP contribution < -0.4 is 10.1 Å². The normalized spacial score (nSPS) is 10.7. The van der Waals surface area contributed by atoms with Crippen molar-refractivity contribution in [2.24, 2.45) is 0 Å². The van der Waals surface area contributed by atoms with E-state index in [0.717, 1.165) is 24.3 Å². The minimum atomic E-state index is -0.328. The number of hydrogen-bond donors (Lipinski definition) is 1. The molecule has 0 amide bonds. The highest BCUT2D eigenvalue weighted by atomic mass is 19.1. The molecule has 0 bridgehead atoms. The zero-order valence-electron chi connectivity index (χ0n) is 10.9. The summed E-state index contributed by atoms with van der Waals surface area (Å²) >= 11 is 0. The van der Waals surface area contributed by atoms with Gasteiger partial charge >= 0.3 is 0 Å². The third kappa shape index (κ3) is 2.23. The summed E-state index contributed by atoms with van der Waals surface area (Å²) in [5.74, 6) is 1.05. The van der Waals surface area contributed by atoms with E-state index >= 15 is 0 Å². The van der Waals surface area contributed by atoms with Gasteiger partial charge in [0, 0.05) is 11.9 Å². The molecule has 1 heterocycles. The van der Waals surface area contributed by atoms with Gasteiger partial charge in [0.05, 0.1) is 7.11 Å². The number of benzene rings is 1. The standard InChI is InChI=1S/C14H17FN2O/c1-4-7-16-14-9(2)8-10-12(18-3)6-5-11(15)13(10)17-14/h5-6,8H,4,7H2,1-3H3,(H,16,17). The number of halogens is 1. The largest absolute Gasteiger partial charge is 0.496 e. The van der Waals surface area contributed by atoms with Crippen LogP contribution in [0.25, 0.3) is 10.9 Å². The minimum Gasteiger partial charge on any atom is -0.496 e. The fourth-order valence-corrected chi connectivity index (χ4v) is 1.90. The molecule has 0 radical (unpaired) electrons. The molecule has 2 rings (SSSR count). The summed E-state index contributed by atoms with van der Waals surface area (Å²) in [4.78, 5) is 4.35. The molecule has 1 aromatic heterocycles. The van der Waals surface area contributed by atoms with Crippen molar-refractivity contribution in [1.29, 1.82) is 0 Å². The summed E-state index contributed by atoms with van der Waals surface area (Å²) in [6.07, 6.45) is 1.000. The average Bonchev–Trinajstić information content (AvgIpc) is 2.37. The SMILES string of the molecule is CCCNc1nc2c(F)ccc(OC)c2cc1C. The zero-order valence-corrected chi connectivity index (χ0v) is 10.9. The molecule has 0 saturated heterocycles. The van der Waals surface area contributed by atoms with Gasteiger partial charge in [-0.2, -0.15) is 0 Å². The Morgan fingerprint density at radius 2 is 2.17 bits per heavy atom. The van der Waals surface area contributed by atoms with Crippen LogP contribution in [-0.2, 0) is 0 Å². The molecule has 3 nitrogen and oxygen atoms in total. The van der Waals surface area contributed by atoms with Gasteiger partial charge in [-0.05, 0) is 37.1 Å². The van der Waals surface area contributed by atoms with Gasteiger partial charge in [0.15, 0.2) is 0 Å². The van der Waals surface area contributed by atoms with Gasteiger partial charge in [0.1, 0.15) is 22.9 Å². The maximum Gasteiger partial charge on any atom is 0.149 e. The highest BCUT2D eigenvalue weighted by Crippen LogP contribution is 2.29. The number of methoxy groups -OCH3 is 1. The molecule has 4 heteroatoms. The molecule has 0 spiro atoms. The van der Waals surface area contributed by atoms with Gasteiger partial charge < -0.3 is 10.1 Å². The monoisotopic (exact) mass is 248 g/mol. The summed E-state index contributed by atoms with van der Waals surface area (Å²) in [6.45, 7) is 4.85. The lowest BCUT2D eigenvalue weighted by molar-refractivity contribution is 0.419. The van der Waals surface area contributed by atoms with E-state index in [1.54, 1.807) is 13.2 Å². The van der Waals surface area contributed by atoms with Crippen LogP contribution in [-0.4, -0.2) is 18.6 Å². The molecule has 0 aliphatic rings. The number of nitrogens with zero attached hydrogens (tertiary/aromatic N) is 1. The highest BCUT2D eigenvalue weighted by Gasteiger charge is 2.11. The lowest BCUT2D eigenvalue weighted by Gasteiger charge is -2.11. The van der Waals surface area contributed by atoms with Crippen molar-refractivity contribution in [3.05, 3.63) is 29.6 Å². The van der Waals surface area contributed by atoms with Crippen molar-refractivity contribution in [3.63, 3.8) is 0 Å². The molecule has 2 aromatic rings. The van der Waals surface area contributed by atoms with E-state index in [2.05, 4.69) is 17.2 Å². The van der Waals surface area contributed by atoms with Gasteiger partial charge in [0.2, 0.25) is 0 Å². The van der Waals surface area contributed by atoms with E-state index in [-0.39, 0.29) is 5.82 Å². The van der Waals surface area contributed by atoms with Crippen molar-refractivity contribution in [2.75, 3.05) is 19.0 Å². The van der Waals surface area contributed by atoms with E-state index in [0.29, 0.717) is 16.7 Å². The van der Waals surface area contributed by atoms with Gasteiger partial charge in [-0.25, -0.2) is 9.37 Å². The molecule has 18 heavy (non-hydrogen) atoms. The second kappa shape index (κ2) is 5.21. The molecule has 0 atom stereocenters. The Morgan fingerprint density at radius 3 is 2.83 bits per heavy atom. The third-order valence-corrected chi connectivity index (χ3v) is 2.85. The van der Waals surface area contributed by atoms with Gasteiger partial charge in [-0.3, -0.25) is 0 Å². The van der Waals surface area contributed by atoms with Crippen LogP contribution in [0.1, 0.15) is 18.9 Å². The van der Waals surface area contributed by atoms with E-state index < -0.39 is 0 Å². The van der Waals surface area contributed by atoms with E-state index in [9.17, 15) is 4.39 Å². The first kappa shape index (κ1) is 12.6. The van der Waals surface area contributed by atoms with Gasteiger partial charge in [-0.1, -0.05) is 6.92 Å². The molecular weight excluding hydrogens is 231 g/mol. The Hall–Kier alpha value is -1.84. The van der Waals surface area contributed by atoms with Crippen LogP contribution in [0.3, 0.4) is 0 Å². The maximum absolute atomic E-state index is 13.8.